The Morgan fingerprint density at radius 2 is 1.74 bits per heavy atom. The molecule has 38 heavy (non-hydrogen) atoms. The molecule has 0 radical (unpaired) electrons. The minimum absolute atomic E-state index is 0.0288. The van der Waals surface area contributed by atoms with Crippen molar-refractivity contribution in [1.82, 2.24) is 10.1 Å². The summed E-state index contributed by atoms with van der Waals surface area (Å²) in [4.78, 5) is 8.26. The van der Waals surface area contributed by atoms with Crippen molar-refractivity contribution in [3.63, 3.8) is 0 Å². The number of fused-ring (bicyclic) bond motifs is 1. The van der Waals surface area contributed by atoms with Gasteiger partial charge in [0.25, 0.3) is 10.0 Å². The van der Waals surface area contributed by atoms with Crippen molar-refractivity contribution in [2.75, 3.05) is 4.72 Å². The topological polar surface area (TPSA) is 98.7 Å². The third-order valence-corrected chi connectivity index (χ3v) is 7.62. The summed E-state index contributed by atoms with van der Waals surface area (Å²) < 4.78 is 40.4. The first kappa shape index (κ1) is 25.0. The van der Waals surface area contributed by atoms with Gasteiger partial charge in [-0.2, -0.15) is 0 Å². The number of pyridine rings is 1. The van der Waals surface area contributed by atoms with Gasteiger partial charge < -0.3 is 9.26 Å². The first-order valence-electron chi connectivity index (χ1n) is 11.8. The van der Waals surface area contributed by atoms with E-state index in [4.69, 9.17) is 15.8 Å². The van der Waals surface area contributed by atoms with Crippen LogP contribution in [0.3, 0.4) is 0 Å². The van der Waals surface area contributed by atoms with Gasteiger partial charge in [-0.15, -0.1) is 0 Å². The molecule has 190 valence electrons. The quantitative estimate of drug-likeness (QED) is 0.237. The van der Waals surface area contributed by atoms with E-state index in [0.29, 0.717) is 33.8 Å². The van der Waals surface area contributed by atoms with E-state index in [-0.39, 0.29) is 17.4 Å². The number of ether oxygens (including phenoxy) is 1. The van der Waals surface area contributed by atoms with Gasteiger partial charge in [-0.1, -0.05) is 47.6 Å². The maximum atomic E-state index is 13.3. The Hall–Kier alpha value is -4.68. The van der Waals surface area contributed by atoms with Gasteiger partial charge in [0, 0.05) is 22.7 Å². The molecule has 0 aliphatic carbocycles. The number of benzene rings is 3. The van der Waals surface area contributed by atoms with E-state index in [1.165, 1.54) is 6.07 Å². The highest BCUT2D eigenvalue weighted by atomic mass is 32.2. The molecule has 0 bridgehead atoms. The van der Waals surface area contributed by atoms with Crippen molar-refractivity contribution in [2.24, 2.45) is 0 Å². The van der Waals surface area contributed by atoms with Crippen LogP contribution in [-0.4, -0.2) is 18.6 Å². The second kappa shape index (κ2) is 10.00. The van der Waals surface area contributed by atoms with Crippen molar-refractivity contribution in [2.45, 2.75) is 32.3 Å². The molecule has 1 N–H and O–H groups in total. The lowest BCUT2D eigenvalue weighted by Crippen LogP contribution is -2.14. The van der Waals surface area contributed by atoms with Crippen molar-refractivity contribution < 1.29 is 17.7 Å². The normalized spacial score (nSPS) is 11.3. The number of aromatic nitrogens is 2. The fourth-order valence-corrected chi connectivity index (χ4v) is 5.42. The predicted molar refractivity (Wildman–Crippen MR) is 146 cm³/mol. The highest BCUT2D eigenvalue weighted by molar-refractivity contribution is 7.92. The molecule has 0 aliphatic heterocycles. The number of hydrogen-bond donors (Lipinski definition) is 1. The summed E-state index contributed by atoms with van der Waals surface area (Å²) in [5.41, 5.74) is 4.90. The number of sulfonamides is 1. The van der Waals surface area contributed by atoms with Gasteiger partial charge in [0.05, 0.1) is 22.7 Å². The van der Waals surface area contributed by atoms with Crippen LogP contribution in [0.5, 0.6) is 5.75 Å². The monoisotopic (exact) mass is 524 g/mol. The van der Waals surface area contributed by atoms with Gasteiger partial charge >= 0.3 is 0 Å². The zero-order valence-corrected chi connectivity index (χ0v) is 21.8. The van der Waals surface area contributed by atoms with Crippen LogP contribution in [0.1, 0.15) is 22.5 Å². The Labute approximate surface area is 220 Å². The van der Waals surface area contributed by atoms with Crippen molar-refractivity contribution in [3.8, 4) is 16.9 Å². The average Bonchev–Trinajstić information content (AvgIpc) is 3.23. The van der Waals surface area contributed by atoms with Gasteiger partial charge in [-0.3, -0.25) is 4.98 Å². The largest absolute Gasteiger partial charge is 0.488 e. The van der Waals surface area contributed by atoms with Crippen LogP contribution in [0, 0.1) is 27.3 Å². The van der Waals surface area contributed by atoms with E-state index >= 15 is 0 Å². The third-order valence-electron chi connectivity index (χ3n) is 6.23. The SMILES string of the molecule is [C-]#[N+]c1cc(COc2cc(C)nc3ccccc23)ccc1-c1ccccc1S(=O)(=O)Nc1onc(C)c1C. The van der Waals surface area contributed by atoms with Crippen molar-refractivity contribution >= 4 is 32.5 Å². The molecule has 0 aliphatic rings. The lowest BCUT2D eigenvalue weighted by atomic mass is 10.0. The lowest BCUT2D eigenvalue weighted by molar-refractivity contribution is 0.309. The van der Waals surface area contributed by atoms with Crippen molar-refractivity contribution in [3.05, 3.63) is 107 Å². The van der Waals surface area contributed by atoms with Crippen LogP contribution in [0.15, 0.2) is 82.2 Å². The van der Waals surface area contributed by atoms with Gasteiger partial charge in [-0.25, -0.2) is 18.0 Å². The first-order chi connectivity index (χ1) is 18.3. The Morgan fingerprint density at radius 3 is 2.50 bits per heavy atom. The summed E-state index contributed by atoms with van der Waals surface area (Å²) >= 11 is 0. The molecule has 0 atom stereocenters. The standard InChI is InChI=1S/C29H24N4O4S/c1-18-15-27(24-10-5-7-11-25(24)31-18)36-17-21-13-14-22(26(16-21)30-4)23-9-6-8-12-28(23)38(34,35)33-29-19(2)20(3)32-37-29/h5-16,33H,17H2,1-3H3. The van der Waals surface area contributed by atoms with E-state index in [2.05, 4.69) is 19.7 Å². The van der Waals surface area contributed by atoms with Crippen LogP contribution < -0.4 is 9.46 Å². The summed E-state index contributed by atoms with van der Waals surface area (Å²) in [6.07, 6.45) is 0. The van der Waals surface area contributed by atoms with Gasteiger partial charge in [-0.05, 0) is 61.7 Å². The van der Waals surface area contributed by atoms with E-state index in [9.17, 15) is 8.42 Å². The maximum absolute atomic E-state index is 13.3. The number of rotatable bonds is 7. The Balaban J connectivity index is 1.46. The fraction of sp³-hybridized carbons (Fsp3) is 0.138. The van der Waals surface area contributed by atoms with Crippen LogP contribution in [0.25, 0.3) is 26.9 Å². The molecular weight excluding hydrogens is 500 g/mol. The number of anilines is 1. The van der Waals surface area contributed by atoms with Crippen LogP contribution in [0.2, 0.25) is 0 Å². The number of para-hydroxylation sites is 1. The molecule has 9 heteroatoms. The Kier molecular flexibility index (Phi) is 6.57. The summed E-state index contributed by atoms with van der Waals surface area (Å²) in [6.45, 7) is 13.4. The van der Waals surface area contributed by atoms with Crippen LogP contribution in [-0.2, 0) is 16.6 Å². The maximum Gasteiger partial charge on any atom is 0.264 e. The number of nitrogens with zero attached hydrogens (tertiary/aromatic N) is 3. The molecule has 0 fully saturated rings. The zero-order chi connectivity index (χ0) is 26.9. The molecule has 8 nitrogen and oxygen atoms in total. The van der Waals surface area contributed by atoms with Gasteiger partial charge in [0.15, 0.2) is 5.69 Å². The Bertz CT molecular complexity index is 1820. The molecule has 5 rings (SSSR count). The first-order valence-corrected chi connectivity index (χ1v) is 13.3. The molecular formula is C29H24N4O4S. The predicted octanol–water partition coefficient (Wildman–Crippen LogP) is 6.75. The molecule has 0 spiro atoms. The molecule has 0 amide bonds. The fourth-order valence-electron chi connectivity index (χ4n) is 4.15. The van der Waals surface area contributed by atoms with E-state index < -0.39 is 10.0 Å². The molecule has 0 unspecified atom stereocenters. The lowest BCUT2D eigenvalue weighted by Gasteiger charge is -2.14. The van der Waals surface area contributed by atoms with E-state index in [0.717, 1.165) is 22.2 Å². The molecule has 3 aromatic carbocycles. The van der Waals surface area contributed by atoms with Gasteiger partial charge in [0.2, 0.25) is 5.88 Å². The zero-order valence-electron chi connectivity index (χ0n) is 21.0. The van der Waals surface area contributed by atoms with Crippen molar-refractivity contribution in [1.29, 1.82) is 0 Å². The summed E-state index contributed by atoms with van der Waals surface area (Å²) in [5.74, 6) is 0.774. The minimum atomic E-state index is -4.02. The number of hydrogen-bond acceptors (Lipinski definition) is 6. The highest BCUT2D eigenvalue weighted by Gasteiger charge is 2.23. The molecule has 0 saturated heterocycles. The van der Waals surface area contributed by atoms with E-state index in [1.807, 2.05) is 43.3 Å². The van der Waals surface area contributed by atoms with Crippen LogP contribution >= 0.6 is 0 Å². The number of aryl methyl sites for hydroxylation is 2. The summed E-state index contributed by atoms with van der Waals surface area (Å²) in [6, 6.07) is 21.5. The summed E-state index contributed by atoms with van der Waals surface area (Å²) in [7, 11) is -4.02. The third kappa shape index (κ3) is 4.82. The summed E-state index contributed by atoms with van der Waals surface area (Å²) in [5, 5.41) is 4.72. The molecule has 2 heterocycles. The highest BCUT2D eigenvalue weighted by Crippen LogP contribution is 2.37. The second-order valence-corrected chi connectivity index (χ2v) is 10.5. The second-order valence-electron chi connectivity index (χ2n) is 8.85. The van der Waals surface area contributed by atoms with Crippen LogP contribution in [0.4, 0.5) is 11.6 Å². The number of nitrogens with one attached hydrogen (secondary N) is 1. The molecule has 5 aromatic rings. The Morgan fingerprint density at radius 1 is 0.974 bits per heavy atom. The minimum Gasteiger partial charge on any atom is -0.488 e. The van der Waals surface area contributed by atoms with Gasteiger partial charge in [0.1, 0.15) is 12.4 Å². The molecule has 0 saturated carbocycles. The molecule has 2 aromatic heterocycles. The smallest absolute Gasteiger partial charge is 0.264 e. The average molecular weight is 525 g/mol. The van der Waals surface area contributed by atoms with E-state index in [1.54, 1.807) is 44.2 Å².